The molecular weight excluding hydrogens is 304 g/mol. The van der Waals surface area contributed by atoms with Crippen LogP contribution >= 0.6 is 0 Å². The first-order valence-electron chi connectivity index (χ1n) is 8.86. The van der Waals surface area contributed by atoms with Gasteiger partial charge in [-0.15, -0.1) is 0 Å². The normalized spacial score (nSPS) is 29.3. The minimum Gasteiger partial charge on any atom is -0.381 e. The SMILES string of the molecule is COC1CC(N=C(N)N2CCN(c3ncccn3)CC2)C12CCC2. The number of aliphatic imine (C=N–C) groups is 1. The quantitative estimate of drug-likeness (QED) is 0.654. The van der Waals surface area contributed by atoms with Crippen molar-refractivity contribution in [1.82, 2.24) is 14.9 Å². The molecule has 130 valence electrons. The maximum atomic E-state index is 6.32. The number of nitrogens with zero attached hydrogens (tertiary/aromatic N) is 5. The van der Waals surface area contributed by atoms with E-state index >= 15 is 0 Å². The van der Waals surface area contributed by atoms with E-state index in [-0.39, 0.29) is 5.41 Å². The van der Waals surface area contributed by atoms with Gasteiger partial charge in [0.05, 0.1) is 12.1 Å². The van der Waals surface area contributed by atoms with Gasteiger partial charge in [0.15, 0.2) is 5.96 Å². The highest BCUT2D eigenvalue weighted by Gasteiger charge is 2.59. The van der Waals surface area contributed by atoms with Crippen LogP contribution in [-0.4, -0.2) is 66.3 Å². The zero-order valence-electron chi connectivity index (χ0n) is 14.3. The molecule has 2 heterocycles. The molecule has 1 saturated heterocycles. The summed E-state index contributed by atoms with van der Waals surface area (Å²) in [7, 11) is 1.82. The van der Waals surface area contributed by atoms with Crippen LogP contribution < -0.4 is 10.6 Å². The fourth-order valence-corrected chi connectivity index (χ4v) is 4.31. The van der Waals surface area contributed by atoms with Gasteiger partial charge in [-0.05, 0) is 25.3 Å². The fraction of sp³-hybridized carbons (Fsp3) is 0.706. The van der Waals surface area contributed by atoms with Crippen LogP contribution in [0.5, 0.6) is 0 Å². The van der Waals surface area contributed by atoms with Crippen molar-refractivity contribution in [2.75, 3.05) is 38.2 Å². The van der Waals surface area contributed by atoms with E-state index in [1.54, 1.807) is 12.4 Å². The van der Waals surface area contributed by atoms with Crippen molar-refractivity contribution in [2.45, 2.75) is 37.8 Å². The Hall–Kier alpha value is -1.89. The molecule has 2 N–H and O–H groups in total. The van der Waals surface area contributed by atoms with Crippen LogP contribution in [0.25, 0.3) is 0 Å². The Kier molecular flexibility index (Phi) is 4.04. The zero-order chi connectivity index (χ0) is 16.6. The number of nitrogens with two attached hydrogens (primary N) is 1. The Bertz CT molecular complexity index is 594. The first-order chi connectivity index (χ1) is 11.7. The number of anilines is 1. The van der Waals surface area contributed by atoms with Crippen molar-refractivity contribution >= 4 is 11.9 Å². The maximum Gasteiger partial charge on any atom is 0.225 e. The minimum atomic E-state index is 0.277. The average molecular weight is 330 g/mol. The second kappa shape index (κ2) is 6.20. The molecule has 1 aromatic heterocycles. The summed E-state index contributed by atoms with van der Waals surface area (Å²) in [4.78, 5) is 17.9. The summed E-state index contributed by atoms with van der Waals surface area (Å²) in [5.41, 5.74) is 6.59. The smallest absolute Gasteiger partial charge is 0.225 e. The largest absolute Gasteiger partial charge is 0.381 e. The Balaban J connectivity index is 1.36. The predicted molar refractivity (Wildman–Crippen MR) is 92.9 cm³/mol. The zero-order valence-corrected chi connectivity index (χ0v) is 14.3. The monoisotopic (exact) mass is 330 g/mol. The molecule has 1 aliphatic heterocycles. The molecule has 0 bridgehead atoms. The van der Waals surface area contributed by atoms with Gasteiger partial charge in [-0.25, -0.2) is 15.0 Å². The Morgan fingerprint density at radius 1 is 1.25 bits per heavy atom. The first-order valence-corrected chi connectivity index (χ1v) is 8.86. The van der Waals surface area contributed by atoms with E-state index in [2.05, 4.69) is 19.8 Å². The van der Waals surface area contributed by atoms with Crippen LogP contribution in [0, 0.1) is 5.41 Å². The number of aromatic nitrogens is 2. The van der Waals surface area contributed by atoms with E-state index < -0.39 is 0 Å². The lowest BCUT2D eigenvalue weighted by Gasteiger charge is -2.59. The lowest BCUT2D eigenvalue weighted by Crippen LogP contribution is -2.62. The Morgan fingerprint density at radius 3 is 2.54 bits per heavy atom. The molecule has 2 saturated carbocycles. The molecule has 1 aromatic rings. The molecule has 3 fully saturated rings. The van der Waals surface area contributed by atoms with Gasteiger partial charge in [-0.3, -0.25) is 0 Å². The molecule has 3 aliphatic rings. The molecule has 2 atom stereocenters. The molecule has 2 unspecified atom stereocenters. The van der Waals surface area contributed by atoms with Crippen LogP contribution in [-0.2, 0) is 4.74 Å². The number of ether oxygens (including phenoxy) is 1. The molecular formula is C17H26N6O. The summed E-state index contributed by atoms with van der Waals surface area (Å²) >= 11 is 0. The summed E-state index contributed by atoms with van der Waals surface area (Å²) in [6.45, 7) is 3.47. The standard InChI is InChI=1S/C17H26N6O/c1-24-14-12-13(17(14)4-2-5-17)21-15(18)22-8-10-23(11-9-22)16-19-6-3-7-20-16/h3,6-7,13-14H,2,4-5,8-12H2,1H3,(H2,18,21). The van der Waals surface area contributed by atoms with Crippen LogP contribution in [0.15, 0.2) is 23.5 Å². The third-order valence-electron chi connectivity index (χ3n) is 6.04. The van der Waals surface area contributed by atoms with Gasteiger partial charge in [-0.1, -0.05) is 6.42 Å². The van der Waals surface area contributed by atoms with Gasteiger partial charge in [-0.2, -0.15) is 0 Å². The van der Waals surface area contributed by atoms with E-state index in [9.17, 15) is 0 Å². The molecule has 0 amide bonds. The molecule has 7 heteroatoms. The van der Waals surface area contributed by atoms with Crippen LogP contribution in [0.2, 0.25) is 0 Å². The highest BCUT2D eigenvalue weighted by molar-refractivity contribution is 5.78. The molecule has 1 spiro atoms. The lowest BCUT2D eigenvalue weighted by atomic mass is 9.51. The van der Waals surface area contributed by atoms with Gasteiger partial charge in [0, 0.05) is 51.1 Å². The number of hydrogen-bond acceptors (Lipinski definition) is 5. The third kappa shape index (κ3) is 2.51. The van der Waals surface area contributed by atoms with Gasteiger partial charge in [0.2, 0.25) is 5.95 Å². The van der Waals surface area contributed by atoms with Crippen molar-refractivity contribution in [3.63, 3.8) is 0 Å². The molecule has 0 aromatic carbocycles. The van der Waals surface area contributed by atoms with Gasteiger partial charge in [0.25, 0.3) is 0 Å². The minimum absolute atomic E-state index is 0.277. The lowest BCUT2D eigenvalue weighted by molar-refractivity contribution is -0.150. The second-order valence-corrected chi connectivity index (χ2v) is 7.07. The van der Waals surface area contributed by atoms with Gasteiger partial charge >= 0.3 is 0 Å². The number of rotatable bonds is 3. The summed E-state index contributed by atoms with van der Waals surface area (Å²) in [5, 5.41) is 0. The van der Waals surface area contributed by atoms with Crippen molar-refractivity contribution < 1.29 is 4.74 Å². The summed E-state index contributed by atoms with van der Waals surface area (Å²) < 4.78 is 5.62. The Morgan fingerprint density at radius 2 is 1.96 bits per heavy atom. The van der Waals surface area contributed by atoms with Crippen molar-refractivity contribution in [3.05, 3.63) is 18.5 Å². The van der Waals surface area contributed by atoms with E-state index in [1.165, 1.54) is 19.3 Å². The highest BCUT2D eigenvalue weighted by atomic mass is 16.5. The van der Waals surface area contributed by atoms with Crippen molar-refractivity contribution in [2.24, 2.45) is 16.1 Å². The maximum absolute atomic E-state index is 6.32. The average Bonchev–Trinajstić information content (AvgIpc) is 2.57. The van der Waals surface area contributed by atoms with E-state index in [0.29, 0.717) is 18.1 Å². The van der Waals surface area contributed by atoms with Crippen LogP contribution in [0.1, 0.15) is 25.7 Å². The van der Waals surface area contributed by atoms with Crippen molar-refractivity contribution in [3.8, 4) is 0 Å². The fourth-order valence-electron chi connectivity index (χ4n) is 4.31. The van der Waals surface area contributed by atoms with E-state index in [1.807, 2.05) is 13.2 Å². The van der Waals surface area contributed by atoms with E-state index in [0.717, 1.165) is 38.5 Å². The summed E-state index contributed by atoms with van der Waals surface area (Å²) in [5.74, 6) is 1.48. The summed E-state index contributed by atoms with van der Waals surface area (Å²) in [6, 6.07) is 2.18. The van der Waals surface area contributed by atoms with Gasteiger partial charge < -0.3 is 20.3 Å². The van der Waals surface area contributed by atoms with Crippen molar-refractivity contribution in [1.29, 1.82) is 0 Å². The molecule has 24 heavy (non-hydrogen) atoms. The van der Waals surface area contributed by atoms with Gasteiger partial charge in [0.1, 0.15) is 0 Å². The first kappa shape index (κ1) is 15.6. The predicted octanol–water partition coefficient (Wildman–Crippen LogP) is 0.871. The number of piperazine rings is 1. The number of methoxy groups -OCH3 is 1. The summed E-state index contributed by atoms with van der Waals surface area (Å²) in [6.07, 6.45) is 8.70. The number of hydrogen-bond donors (Lipinski definition) is 1. The third-order valence-corrected chi connectivity index (χ3v) is 6.04. The molecule has 7 nitrogen and oxygen atoms in total. The topological polar surface area (TPSA) is 79.9 Å². The van der Waals surface area contributed by atoms with Crippen LogP contribution in [0.3, 0.4) is 0 Å². The highest BCUT2D eigenvalue weighted by Crippen LogP contribution is 2.58. The molecule has 0 radical (unpaired) electrons. The number of guanidine groups is 1. The molecule has 2 aliphatic carbocycles. The van der Waals surface area contributed by atoms with E-state index in [4.69, 9.17) is 15.5 Å². The van der Waals surface area contributed by atoms with Crippen LogP contribution in [0.4, 0.5) is 5.95 Å². The Labute approximate surface area is 142 Å². The molecule has 4 rings (SSSR count). The second-order valence-electron chi connectivity index (χ2n) is 7.07.